The molecule has 0 amide bonds. The van der Waals surface area contributed by atoms with Crippen LogP contribution in [0.25, 0.3) is 0 Å². The van der Waals surface area contributed by atoms with E-state index >= 15 is 0 Å². The van der Waals surface area contributed by atoms with Gasteiger partial charge in [-0.05, 0) is 18.2 Å². The minimum Gasteiger partial charge on any atom is -0.355 e. The molecule has 1 fully saturated rings. The van der Waals surface area contributed by atoms with Crippen LogP contribution in [0.5, 0.6) is 0 Å². The van der Waals surface area contributed by atoms with E-state index < -0.39 is 11.6 Å². The van der Waals surface area contributed by atoms with E-state index in [1.165, 1.54) is 24.3 Å². The first-order chi connectivity index (χ1) is 9.11. The average Bonchev–Trinajstić information content (AvgIpc) is 2.43. The van der Waals surface area contributed by atoms with Crippen LogP contribution in [-0.2, 0) is 6.54 Å². The lowest BCUT2D eigenvalue weighted by atomic mass is 10.1. The number of rotatable bonds is 3. The summed E-state index contributed by atoms with van der Waals surface area (Å²) in [6, 6.07) is 3.93. The van der Waals surface area contributed by atoms with Gasteiger partial charge in [-0.1, -0.05) is 12.6 Å². The first-order valence-electron chi connectivity index (χ1n) is 6.23. The molecule has 0 bridgehead atoms. The maximum atomic E-state index is 13.5. The van der Waals surface area contributed by atoms with Gasteiger partial charge in [0.25, 0.3) is 0 Å². The number of halogens is 2. The standard InChI is InChI=1S/C14H17F2N3/c1-2-14(17)19-8-6-18(7-9-19)10-11-12(15)4-3-5-13(11)16/h2-5,17H,1,6-10H2. The third kappa shape index (κ3) is 3.17. The molecule has 0 saturated carbocycles. The van der Waals surface area contributed by atoms with Gasteiger partial charge in [0.1, 0.15) is 17.5 Å². The summed E-state index contributed by atoms with van der Waals surface area (Å²) in [6.07, 6.45) is 1.51. The molecule has 0 spiro atoms. The normalized spacial score (nSPS) is 16.4. The number of amidine groups is 1. The summed E-state index contributed by atoms with van der Waals surface area (Å²) in [6.45, 7) is 6.57. The zero-order chi connectivity index (χ0) is 13.8. The molecule has 1 aromatic rings. The SMILES string of the molecule is C=CC(=N)N1CCN(Cc2c(F)cccc2F)CC1. The summed E-state index contributed by atoms with van der Waals surface area (Å²) >= 11 is 0. The van der Waals surface area contributed by atoms with Crippen molar-refractivity contribution >= 4 is 5.84 Å². The molecule has 1 N–H and O–H groups in total. The van der Waals surface area contributed by atoms with Crippen molar-refractivity contribution in [3.05, 3.63) is 48.1 Å². The molecule has 0 aromatic heterocycles. The van der Waals surface area contributed by atoms with Crippen molar-refractivity contribution < 1.29 is 8.78 Å². The highest BCUT2D eigenvalue weighted by atomic mass is 19.1. The van der Waals surface area contributed by atoms with Crippen molar-refractivity contribution in [2.75, 3.05) is 26.2 Å². The number of hydrogen-bond donors (Lipinski definition) is 1. The van der Waals surface area contributed by atoms with Crippen molar-refractivity contribution in [1.82, 2.24) is 9.80 Å². The van der Waals surface area contributed by atoms with Crippen LogP contribution in [0.1, 0.15) is 5.56 Å². The third-order valence-electron chi connectivity index (χ3n) is 3.35. The van der Waals surface area contributed by atoms with Gasteiger partial charge < -0.3 is 4.90 Å². The van der Waals surface area contributed by atoms with Crippen molar-refractivity contribution in [2.45, 2.75) is 6.54 Å². The number of hydrogen-bond acceptors (Lipinski definition) is 2. The molecular formula is C14H17F2N3. The molecule has 1 heterocycles. The van der Waals surface area contributed by atoms with E-state index in [9.17, 15) is 8.78 Å². The number of nitrogens with zero attached hydrogens (tertiary/aromatic N) is 2. The minimum absolute atomic E-state index is 0.120. The molecular weight excluding hydrogens is 248 g/mol. The predicted octanol–water partition coefficient (Wildman–Crippen LogP) is 2.25. The smallest absolute Gasteiger partial charge is 0.130 e. The van der Waals surface area contributed by atoms with Gasteiger partial charge in [0.2, 0.25) is 0 Å². The Kier molecular flexibility index (Phi) is 4.27. The molecule has 3 nitrogen and oxygen atoms in total. The van der Waals surface area contributed by atoms with Gasteiger partial charge in [0.15, 0.2) is 0 Å². The second kappa shape index (κ2) is 5.93. The molecule has 2 rings (SSSR count). The highest BCUT2D eigenvalue weighted by Gasteiger charge is 2.20. The van der Waals surface area contributed by atoms with Crippen LogP contribution >= 0.6 is 0 Å². The molecule has 1 saturated heterocycles. The molecule has 0 aliphatic carbocycles. The van der Waals surface area contributed by atoms with E-state index in [2.05, 4.69) is 6.58 Å². The van der Waals surface area contributed by atoms with Gasteiger partial charge in [0, 0.05) is 38.3 Å². The van der Waals surface area contributed by atoms with E-state index in [-0.39, 0.29) is 12.1 Å². The first-order valence-corrected chi connectivity index (χ1v) is 6.23. The summed E-state index contributed by atoms with van der Waals surface area (Å²) in [7, 11) is 0. The summed E-state index contributed by atoms with van der Waals surface area (Å²) in [5, 5.41) is 7.66. The van der Waals surface area contributed by atoms with Gasteiger partial charge >= 0.3 is 0 Å². The van der Waals surface area contributed by atoms with Crippen LogP contribution in [0.2, 0.25) is 0 Å². The third-order valence-corrected chi connectivity index (χ3v) is 3.35. The number of benzene rings is 1. The van der Waals surface area contributed by atoms with E-state index in [4.69, 9.17) is 5.41 Å². The van der Waals surface area contributed by atoms with Crippen molar-refractivity contribution in [3.8, 4) is 0 Å². The fraction of sp³-hybridized carbons (Fsp3) is 0.357. The lowest BCUT2D eigenvalue weighted by molar-refractivity contribution is 0.172. The zero-order valence-electron chi connectivity index (χ0n) is 10.7. The summed E-state index contributed by atoms with van der Waals surface area (Å²) in [4.78, 5) is 3.90. The molecule has 0 unspecified atom stereocenters. The molecule has 1 aliphatic rings. The Balaban J connectivity index is 1.96. The quantitative estimate of drug-likeness (QED) is 0.671. The number of piperazine rings is 1. The van der Waals surface area contributed by atoms with Gasteiger partial charge in [-0.3, -0.25) is 10.3 Å². The fourth-order valence-corrected chi connectivity index (χ4v) is 2.18. The van der Waals surface area contributed by atoms with E-state index in [1.54, 1.807) is 0 Å². The van der Waals surface area contributed by atoms with Crippen molar-refractivity contribution in [3.63, 3.8) is 0 Å². The predicted molar refractivity (Wildman–Crippen MR) is 71.1 cm³/mol. The Bertz CT molecular complexity index is 459. The molecule has 0 radical (unpaired) electrons. The molecule has 1 aliphatic heterocycles. The average molecular weight is 265 g/mol. The molecule has 0 atom stereocenters. The Hall–Kier alpha value is -1.75. The van der Waals surface area contributed by atoms with E-state index in [0.717, 1.165) is 0 Å². The summed E-state index contributed by atoms with van der Waals surface area (Å²) in [5.74, 6) is -0.598. The maximum absolute atomic E-state index is 13.5. The molecule has 1 aromatic carbocycles. The summed E-state index contributed by atoms with van der Waals surface area (Å²) in [5.41, 5.74) is 0.120. The molecule has 5 heteroatoms. The van der Waals surface area contributed by atoms with Crippen molar-refractivity contribution in [1.29, 1.82) is 5.41 Å². The lowest BCUT2D eigenvalue weighted by Gasteiger charge is -2.35. The Morgan fingerprint density at radius 3 is 2.32 bits per heavy atom. The van der Waals surface area contributed by atoms with E-state index in [1.807, 2.05) is 9.80 Å². The first kappa shape index (κ1) is 13.7. The van der Waals surface area contributed by atoms with Crippen LogP contribution in [0.3, 0.4) is 0 Å². The molecule has 102 valence electrons. The van der Waals surface area contributed by atoms with Crippen molar-refractivity contribution in [2.24, 2.45) is 0 Å². The van der Waals surface area contributed by atoms with Gasteiger partial charge in [-0.25, -0.2) is 8.78 Å². The fourth-order valence-electron chi connectivity index (χ4n) is 2.18. The Morgan fingerprint density at radius 1 is 1.21 bits per heavy atom. The minimum atomic E-state index is -0.499. The number of nitrogens with one attached hydrogen (secondary N) is 1. The summed E-state index contributed by atoms with van der Waals surface area (Å²) < 4.78 is 27.1. The van der Waals surface area contributed by atoms with Crippen LogP contribution in [0.4, 0.5) is 8.78 Å². The second-order valence-corrected chi connectivity index (χ2v) is 4.55. The van der Waals surface area contributed by atoms with Crippen LogP contribution < -0.4 is 0 Å². The van der Waals surface area contributed by atoms with Crippen LogP contribution in [0.15, 0.2) is 30.9 Å². The highest BCUT2D eigenvalue weighted by Crippen LogP contribution is 2.15. The second-order valence-electron chi connectivity index (χ2n) is 4.55. The van der Waals surface area contributed by atoms with Gasteiger partial charge in [-0.2, -0.15) is 0 Å². The van der Waals surface area contributed by atoms with Gasteiger partial charge in [-0.15, -0.1) is 0 Å². The monoisotopic (exact) mass is 265 g/mol. The largest absolute Gasteiger partial charge is 0.355 e. The van der Waals surface area contributed by atoms with Crippen LogP contribution in [-0.4, -0.2) is 41.8 Å². The molecule has 19 heavy (non-hydrogen) atoms. The lowest BCUT2D eigenvalue weighted by Crippen LogP contribution is -2.47. The maximum Gasteiger partial charge on any atom is 0.130 e. The van der Waals surface area contributed by atoms with Gasteiger partial charge in [0.05, 0.1) is 0 Å². The Labute approximate surface area is 111 Å². The topological polar surface area (TPSA) is 30.3 Å². The Morgan fingerprint density at radius 2 is 1.79 bits per heavy atom. The van der Waals surface area contributed by atoms with E-state index in [0.29, 0.717) is 32.0 Å². The zero-order valence-corrected chi connectivity index (χ0v) is 10.7. The van der Waals surface area contributed by atoms with Crippen LogP contribution in [0, 0.1) is 17.0 Å². The highest BCUT2D eigenvalue weighted by molar-refractivity contribution is 5.89.